The molecule has 9 nitrogen and oxygen atoms in total. The van der Waals surface area contributed by atoms with E-state index in [1.165, 1.54) is 55.5 Å². The van der Waals surface area contributed by atoms with Gasteiger partial charge in [-0.1, -0.05) is 26.0 Å². The fraction of sp³-hybridized carbons (Fsp3) is 0.333. The zero-order valence-corrected chi connectivity index (χ0v) is 24.5. The van der Waals surface area contributed by atoms with Crippen molar-refractivity contribution in [3.8, 4) is 11.5 Å². The van der Waals surface area contributed by atoms with E-state index in [4.69, 9.17) is 9.47 Å². The molecular formula is C30H36FN3O6S. The molecule has 0 saturated heterocycles. The van der Waals surface area contributed by atoms with Crippen molar-refractivity contribution in [2.75, 3.05) is 31.6 Å². The van der Waals surface area contributed by atoms with Crippen LogP contribution in [0.5, 0.6) is 11.5 Å². The van der Waals surface area contributed by atoms with Crippen molar-refractivity contribution < 1.29 is 31.9 Å². The number of nitrogens with one attached hydrogen (secondary N) is 1. The summed E-state index contributed by atoms with van der Waals surface area (Å²) >= 11 is 0. The van der Waals surface area contributed by atoms with Crippen LogP contribution in [0.4, 0.5) is 10.1 Å². The molecule has 0 bridgehead atoms. The maximum atomic E-state index is 14.0. The highest BCUT2D eigenvalue weighted by atomic mass is 32.2. The van der Waals surface area contributed by atoms with Crippen LogP contribution in [0, 0.1) is 5.82 Å². The molecule has 0 heterocycles. The molecule has 3 aromatic carbocycles. The first-order chi connectivity index (χ1) is 19.6. The van der Waals surface area contributed by atoms with Gasteiger partial charge in [0, 0.05) is 13.1 Å². The molecule has 1 unspecified atom stereocenters. The third-order valence-electron chi connectivity index (χ3n) is 6.46. The average molecular weight is 586 g/mol. The fourth-order valence-corrected chi connectivity index (χ4v) is 5.68. The van der Waals surface area contributed by atoms with Crippen LogP contribution >= 0.6 is 0 Å². The maximum Gasteiger partial charge on any atom is 0.264 e. The van der Waals surface area contributed by atoms with Crippen molar-refractivity contribution in [1.29, 1.82) is 0 Å². The largest absolute Gasteiger partial charge is 0.497 e. The van der Waals surface area contributed by atoms with Gasteiger partial charge in [-0.2, -0.15) is 0 Å². The third kappa shape index (κ3) is 7.97. The molecule has 41 heavy (non-hydrogen) atoms. The lowest BCUT2D eigenvalue weighted by Gasteiger charge is -2.33. The van der Waals surface area contributed by atoms with E-state index in [2.05, 4.69) is 5.32 Å². The van der Waals surface area contributed by atoms with Crippen LogP contribution in [0.2, 0.25) is 0 Å². The Morgan fingerprint density at radius 1 is 0.927 bits per heavy atom. The Hall–Kier alpha value is -4.12. The van der Waals surface area contributed by atoms with Crippen LogP contribution in [0.15, 0.2) is 77.7 Å². The molecule has 0 aliphatic rings. The smallest absolute Gasteiger partial charge is 0.264 e. The molecule has 220 valence electrons. The van der Waals surface area contributed by atoms with Gasteiger partial charge in [0.15, 0.2) is 0 Å². The number of rotatable bonds is 14. The van der Waals surface area contributed by atoms with Gasteiger partial charge in [-0.3, -0.25) is 13.9 Å². The molecule has 1 N–H and O–H groups in total. The lowest BCUT2D eigenvalue weighted by Crippen LogP contribution is -2.52. The molecule has 0 fully saturated rings. The first kappa shape index (κ1) is 31.4. The normalized spacial score (nSPS) is 11.8. The summed E-state index contributed by atoms with van der Waals surface area (Å²) in [5.41, 5.74) is 0.797. The minimum atomic E-state index is -4.28. The van der Waals surface area contributed by atoms with E-state index >= 15 is 0 Å². The predicted molar refractivity (Wildman–Crippen MR) is 155 cm³/mol. The second-order valence-corrected chi connectivity index (χ2v) is 11.1. The quantitative estimate of drug-likeness (QED) is 0.301. The van der Waals surface area contributed by atoms with Crippen LogP contribution in [0.3, 0.4) is 0 Å². The van der Waals surface area contributed by atoms with Crippen LogP contribution in [0.1, 0.15) is 32.3 Å². The lowest BCUT2D eigenvalue weighted by molar-refractivity contribution is -0.140. The van der Waals surface area contributed by atoms with E-state index < -0.39 is 34.3 Å². The second kappa shape index (κ2) is 14.5. The van der Waals surface area contributed by atoms with E-state index in [0.29, 0.717) is 36.4 Å². The zero-order chi connectivity index (χ0) is 30.0. The van der Waals surface area contributed by atoms with Gasteiger partial charge in [0.05, 0.1) is 24.8 Å². The van der Waals surface area contributed by atoms with E-state index in [1.807, 2.05) is 6.92 Å². The molecule has 0 radical (unpaired) electrons. The van der Waals surface area contributed by atoms with Gasteiger partial charge in [0.1, 0.15) is 29.9 Å². The van der Waals surface area contributed by atoms with Gasteiger partial charge in [-0.25, -0.2) is 12.8 Å². The standard InChI is InChI=1S/C30H36FN3O6S/c1-5-18-32-30(36)28(6-2)33(20-22-8-7-9-26(19-22)40-4)29(35)21-34(24-12-10-23(31)11-13-24)41(37,38)27-16-14-25(39-3)15-17-27/h7-17,19,28H,5-6,18,20-21H2,1-4H3,(H,32,36). The van der Waals surface area contributed by atoms with Crippen LogP contribution < -0.4 is 19.1 Å². The van der Waals surface area contributed by atoms with Crippen molar-refractivity contribution in [2.45, 2.75) is 44.2 Å². The number of methoxy groups -OCH3 is 2. The fourth-order valence-electron chi connectivity index (χ4n) is 4.26. The van der Waals surface area contributed by atoms with E-state index in [-0.39, 0.29) is 23.0 Å². The van der Waals surface area contributed by atoms with E-state index in [9.17, 15) is 22.4 Å². The number of ether oxygens (including phenoxy) is 2. The number of amides is 2. The molecule has 0 spiro atoms. The monoisotopic (exact) mass is 585 g/mol. The number of carbonyl (C=O) groups is 2. The Labute approximate surface area is 240 Å². The van der Waals surface area contributed by atoms with Gasteiger partial charge < -0.3 is 19.7 Å². The van der Waals surface area contributed by atoms with Crippen LogP contribution in [-0.2, 0) is 26.2 Å². The van der Waals surface area contributed by atoms with Gasteiger partial charge in [-0.15, -0.1) is 0 Å². The highest BCUT2D eigenvalue weighted by Gasteiger charge is 2.33. The molecule has 0 saturated carbocycles. The SMILES string of the molecule is CCCNC(=O)C(CC)N(Cc1cccc(OC)c1)C(=O)CN(c1ccc(F)cc1)S(=O)(=O)c1ccc(OC)cc1. The van der Waals surface area contributed by atoms with Crippen molar-refractivity contribution in [3.05, 3.63) is 84.2 Å². The molecular weight excluding hydrogens is 549 g/mol. The van der Waals surface area contributed by atoms with Crippen molar-refractivity contribution in [2.24, 2.45) is 0 Å². The van der Waals surface area contributed by atoms with Gasteiger partial charge in [0.25, 0.3) is 10.0 Å². The van der Waals surface area contributed by atoms with Gasteiger partial charge in [0.2, 0.25) is 11.8 Å². The summed E-state index contributed by atoms with van der Waals surface area (Å²) < 4.78 is 52.9. The summed E-state index contributed by atoms with van der Waals surface area (Å²) in [5.74, 6) is -0.458. The highest BCUT2D eigenvalue weighted by molar-refractivity contribution is 7.92. The Bertz CT molecular complexity index is 1410. The van der Waals surface area contributed by atoms with E-state index in [1.54, 1.807) is 31.2 Å². The molecule has 0 aliphatic carbocycles. The summed E-state index contributed by atoms with van der Waals surface area (Å²) in [5, 5.41) is 2.84. The summed E-state index contributed by atoms with van der Waals surface area (Å²) in [6, 6.07) is 16.8. The number of halogens is 1. The Morgan fingerprint density at radius 2 is 1.59 bits per heavy atom. The number of carbonyl (C=O) groups excluding carboxylic acids is 2. The Kier molecular flexibility index (Phi) is 11.1. The van der Waals surface area contributed by atoms with Crippen LogP contribution in [0.25, 0.3) is 0 Å². The predicted octanol–water partition coefficient (Wildman–Crippen LogP) is 4.37. The molecule has 3 rings (SSSR count). The summed E-state index contributed by atoms with van der Waals surface area (Å²) in [7, 11) is -1.29. The Morgan fingerprint density at radius 3 is 2.17 bits per heavy atom. The molecule has 11 heteroatoms. The van der Waals surface area contributed by atoms with Crippen molar-refractivity contribution >= 4 is 27.5 Å². The Balaban J connectivity index is 2.05. The molecule has 1 atom stereocenters. The summed E-state index contributed by atoms with van der Waals surface area (Å²) in [6.45, 7) is 3.55. The highest BCUT2D eigenvalue weighted by Crippen LogP contribution is 2.26. The minimum Gasteiger partial charge on any atom is -0.497 e. The summed E-state index contributed by atoms with van der Waals surface area (Å²) in [6.07, 6.45) is 1.01. The topological polar surface area (TPSA) is 105 Å². The first-order valence-electron chi connectivity index (χ1n) is 13.3. The number of anilines is 1. The number of sulfonamides is 1. The lowest BCUT2D eigenvalue weighted by atomic mass is 10.1. The third-order valence-corrected chi connectivity index (χ3v) is 8.25. The van der Waals surface area contributed by atoms with Crippen LogP contribution in [-0.4, -0.2) is 58.5 Å². The molecule has 3 aromatic rings. The molecule has 2 amide bonds. The first-order valence-corrected chi connectivity index (χ1v) is 14.7. The van der Waals surface area contributed by atoms with E-state index in [0.717, 1.165) is 16.4 Å². The number of hydrogen-bond donors (Lipinski definition) is 1. The second-order valence-electron chi connectivity index (χ2n) is 9.25. The number of benzene rings is 3. The molecule has 0 aromatic heterocycles. The molecule has 0 aliphatic heterocycles. The van der Waals surface area contributed by atoms with Gasteiger partial charge >= 0.3 is 0 Å². The minimum absolute atomic E-state index is 0.0356. The van der Waals surface area contributed by atoms with Gasteiger partial charge in [-0.05, 0) is 79.1 Å². The summed E-state index contributed by atoms with van der Waals surface area (Å²) in [4.78, 5) is 28.5. The van der Waals surface area contributed by atoms with Crippen molar-refractivity contribution in [3.63, 3.8) is 0 Å². The number of nitrogens with zero attached hydrogens (tertiary/aromatic N) is 2. The number of hydrogen-bond acceptors (Lipinski definition) is 6. The zero-order valence-electron chi connectivity index (χ0n) is 23.7. The van der Waals surface area contributed by atoms with Crippen molar-refractivity contribution in [1.82, 2.24) is 10.2 Å². The maximum absolute atomic E-state index is 14.0. The average Bonchev–Trinajstić information content (AvgIpc) is 2.99.